The third kappa shape index (κ3) is 4.47. The number of nitrogens with zero attached hydrogens (tertiary/aromatic N) is 1. The van der Waals surface area contributed by atoms with E-state index in [0.717, 1.165) is 47.4 Å². The highest BCUT2D eigenvalue weighted by atomic mass is 19.1. The highest BCUT2D eigenvalue weighted by molar-refractivity contribution is 5.47. The van der Waals surface area contributed by atoms with Crippen LogP contribution in [0.25, 0.3) is 0 Å². The first-order chi connectivity index (χ1) is 11.4. The number of benzene rings is 1. The summed E-state index contributed by atoms with van der Waals surface area (Å²) in [5.74, 6) is 1.70. The summed E-state index contributed by atoms with van der Waals surface area (Å²) in [7, 11) is 0. The fourth-order valence-electron chi connectivity index (χ4n) is 2.62. The van der Waals surface area contributed by atoms with Crippen LogP contribution in [0.4, 0.5) is 4.39 Å². The molecule has 0 N–H and O–H groups in total. The number of aromatic nitrogens is 1. The van der Waals surface area contributed by atoms with Gasteiger partial charge >= 0.3 is 0 Å². The number of rotatable bonds is 7. The standard InChI is InChI=1S/C20H26FNO2/c1-6-7-8-9-23-18-12-15(4)22-20(16(18)5)24-19-13(2)10-17(21)11-14(19)3/h10-12H,6-9H2,1-5H3. The number of halogens is 1. The molecule has 0 amide bonds. The molecule has 0 bridgehead atoms. The minimum absolute atomic E-state index is 0.258. The first-order valence-corrected chi connectivity index (χ1v) is 8.48. The summed E-state index contributed by atoms with van der Waals surface area (Å²) < 4.78 is 25.4. The molecule has 2 rings (SSSR count). The molecule has 2 aromatic rings. The van der Waals surface area contributed by atoms with Crippen molar-refractivity contribution < 1.29 is 13.9 Å². The summed E-state index contributed by atoms with van der Waals surface area (Å²) in [6, 6.07) is 4.86. The first-order valence-electron chi connectivity index (χ1n) is 8.48. The SMILES string of the molecule is CCCCCOc1cc(C)nc(Oc2c(C)cc(F)cc2C)c1C. The van der Waals surface area contributed by atoms with Crippen molar-refractivity contribution in [3.8, 4) is 17.4 Å². The van der Waals surface area contributed by atoms with Crippen molar-refractivity contribution in [3.05, 3.63) is 46.4 Å². The van der Waals surface area contributed by atoms with Crippen LogP contribution in [0, 0.1) is 33.5 Å². The lowest BCUT2D eigenvalue weighted by molar-refractivity contribution is 0.301. The molecule has 1 heterocycles. The van der Waals surface area contributed by atoms with Crippen LogP contribution in [0.1, 0.15) is 48.6 Å². The molecule has 0 fully saturated rings. The van der Waals surface area contributed by atoms with Crippen LogP contribution in [-0.2, 0) is 0 Å². The van der Waals surface area contributed by atoms with E-state index < -0.39 is 0 Å². The number of ether oxygens (including phenoxy) is 2. The van der Waals surface area contributed by atoms with Gasteiger partial charge in [-0.15, -0.1) is 0 Å². The molecule has 0 aliphatic carbocycles. The van der Waals surface area contributed by atoms with Crippen LogP contribution in [0.3, 0.4) is 0 Å². The summed E-state index contributed by atoms with van der Waals surface area (Å²) in [5.41, 5.74) is 3.19. The lowest BCUT2D eigenvalue weighted by Crippen LogP contribution is -2.03. The number of unbranched alkanes of at least 4 members (excludes halogenated alkanes) is 2. The summed E-state index contributed by atoms with van der Waals surface area (Å²) in [5, 5.41) is 0. The van der Waals surface area contributed by atoms with E-state index in [1.54, 1.807) is 0 Å². The second-order valence-corrected chi connectivity index (χ2v) is 6.22. The topological polar surface area (TPSA) is 31.4 Å². The molecule has 130 valence electrons. The van der Waals surface area contributed by atoms with Crippen LogP contribution in [0.2, 0.25) is 0 Å². The lowest BCUT2D eigenvalue weighted by atomic mass is 10.1. The number of hydrogen-bond acceptors (Lipinski definition) is 3. The average molecular weight is 331 g/mol. The van der Waals surface area contributed by atoms with Gasteiger partial charge in [0.15, 0.2) is 0 Å². The number of pyridine rings is 1. The van der Waals surface area contributed by atoms with Gasteiger partial charge < -0.3 is 9.47 Å². The molecular weight excluding hydrogens is 305 g/mol. The summed E-state index contributed by atoms with van der Waals surface area (Å²) in [4.78, 5) is 4.48. The van der Waals surface area contributed by atoms with Crippen LogP contribution < -0.4 is 9.47 Å². The van der Waals surface area contributed by atoms with Crippen LogP contribution in [0.15, 0.2) is 18.2 Å². The van der Waals surface area contributed by atoms with Gasteiger partial charge in [-0.25, -0.2) is 9.37 Å². The third-order valence-electron chi connectivity index (χ3n) is 3.94. The van der Waals surface area contributed by atoms with E-state index in [1.165, 1.54) is 12.1 Å². The summed E-state index contributed by atoms with van der Waals surface area (Å²) in [6.07, 6.45) is 3.35. The maximum absolute atomic E-state index is 13.5. The molecule has 4 heteroatoms. The Morgan fingerprint density at radius 1 is 1.00 bits per heavy atom. The molecule has 0 unspecified atom stereocenters. The van der Waals surface area contributed by atoms with Crippen molar-refractivity contribution in [1.82, 2.24) is 4.98 Å². The lowest BCUT2D eigenvalue weighted by Gasteiger charge is -2.16. The second kappa shape index (κ2) is 8.13. The van der Waals surface area contributed by atoms with E-state index >= 15 is 0 Å². The van der Waals surface area contributed by atoms with E-state index in [-0.39, 0.29) is 5.82 Å². The molecule has 1 aromatic carbocycles. The van der Waals surface area contributed by atoms with Crippen LogP contribution in [0.5, 0.6) is 17.4 Å². The number of hydrogen-bond donors (Lipinski definition) is 0. The van der Waals surface area contributed by atoms with Gasteiger partial charge in [0.2, 0.25) is 5.88 Å². The zero-order chi connectivity index (χ0) is 17.7. The van der Waals surface area contributed by atoms with Crippen molar-refractivity contribution in [1.29, 1.82) is 0 Å². The monoisotopic (exact) mass is 331 g/mol. The smallest absolute Gasteiger partial charge is 0.226 e. The molecule has 0 saturated carbocycles. The Balaban J connectivity index is 2.26. The first kappa shape index (κ1) is 18.2. The van der Waals surface area contributed by atoms with Gasteiger partial charge in [0.25, 0.3) is 0 Å². The molecule has 0 radical (unpaired) electrons. The second-order valence-electron chi connectivity index (χ2n) is 6.22. The molecule has 0 atom stereocenters. The zero-order valence-corrected chi connectivity index (χ0v) is 15.2. The Morgan fingerprint density at radius 3 is 2.29 bits per heavy atom. The van der Waals surface area contributed by atoms with Gasteiger partial charge in [0.1, 0.15) is 17.3 Å². The maximum Gasteiger partial charge on any atom is 0.226 e. The van der Waals surface area contributed by atoms with Crippen molar-refractivity contribution in [2.75, 3.05) is 6.61 Å². The molecule has 1 aromatic heterocycles. The molecule has 0 saturated heterocycles. The zero-order valence-electron chi connectivity index (χ0n) is 15.2. The predicted octanol–water partition coefficient (Wildman–Crippen LogP) is 5.82. The Kier molecular flexibility index (Phi) is 6.18. The number of aryl methyl sites for hydroxylation is 3. The van der Waals surface area contributed by atoms with Crippen molar-refractivity contribution in [2.45, 2.75) is 53.9 Å². The third-order valence-corrected chi connectivity index (χ3v) is 3.94. The van der Waals surface area contributed by atoms with Gasteiger partial charge in [-0.1, -0.05) is 19.8 Å². The molecule has 0 aliphatic heterocycles. The quantitative estimate of drug-likeness (QED) is 0.599. The largest absolute Gasteiger partial charge is 0.493 e. The Hall–Kier alpha value is -2.10. The Labute approximate surface area is 143 Å². The minimum atomic E-state index is -0.258. The van der Waals surface area contributed by atoms with Gasteiger partial charge in [0, 0.05) is 11.8 Å². The highest BCUT2D eigenvalue weighted by Crippen LogP contribution is 2.34. The van der Waals surface area contributed by atoms with Gasteiger partial charge in [-0.05, 0) is 57.4 Å². The average Bonchev–Trinajstić information content (AvgIpc) is 2.51. The van der Waals surface area contributed by atoms with Crippen molar-refractivity contribution in [3.63, 3.8) is 0 Å². The van der Waals surface area contributed by atoms with E-state index in [4.69, 9.17) is 9.47 Å². The Bertz CT molecular complexity index is 690. The van der Waals surface area contributed by atoms with Gasteiger partial charge in [-0.2, -0.15) is 0 Å². The van der Waals surface area contributed by atoms with E-state index in [9.17, 15) is 4.39 Å². The van der Waals surface area contributed by atoms with E-state index in [2.05, 4.69) is 11.9 Å². The molecule has 24 heavy (non-hydrogen) atoms. The van der Waals surface area contributed by atoms with E-state index in [1.807, 2.05) is 33.8 Å². The fraction of sp³-hybridized carbons (Fsp3) is 0.450. The Morgan fingerprint density at radius 2 is 1.67 bits per heavy atom. The van der Waals surface area contributed by atoms with Gasteiger partial charge in [0.05, 0.1) is 12.2 Å². The van der Waals surface area contributed by atoms with Crippen molar-refractivity contribution in [2.24, 2.45) is 0 Å². The fourth-order valence-corrected chi connectivity index (χ4v) is 2.62. The summed E-state index contributed by atoms with van der Waals surface area (Å²) >= 11 is 0. The normalized spacial score (nSPS) is 10.8. The maximum atomic E-state index is 13.5. The van der Waals surface area contributed by atoms with Crippen molar-refractivity contribution >= 4 is 0 Å². The molecule has 3 nitrogen and oxygen atoms in total. The van der Waals surface area contributed by atoms with Crippen LogP contribution in [-0.4, -0.2) is 11.6 Å². The van der Waals surface area contributed by atoms with Gasteiger partial charge in [-0.3, -0.25) is 0 Å². The summed E-state index contributed by atoms with van der Waals surface area (Å²) in [6.45, 7) is 10.4. The van der Waals surface area contributed by atoms with Crippen LogP contribution >= 0.6 is 0 Å². The molecular formula is C20H26FNO2. The molecule has 0 aliphatic rings. The highest BCUT2D eigenvalue weighted by Gasteiger charge is 2.14. The molecule has 0 spiro atoms. The van der Waals surface area contributed by atoms with E-state index in [0.29, 0.717) is 18.2 Å². The predicted molar refractivity (Wildman–Crippen MR) is 94.7 cm³/mol. The minimum Gasteiger partial charge on any atom is -0.493 e.